The van der Waals surface area contributed by atoms with Gasteiger partial charge in [0.1, 0.15) is 0 Å². The molecule has 0 saturated heterocycles. The van der Waals surface area contributed by atoms with Crippen LogP contribution in [0, 0.1) is 0 Å². The smallest absolute Gasteiger partial charge is 0.268 e. The summed E-state index contributed by atoms with van der Waals surface area (Å²) in [5.74, 6) is 4.94. The number of amides is 1. The molecule has 1 aliphatic heterocycles. The molecule has 1 aromatic carbocycles. The van der Waals surface area contributed by atoms with Crippen LogP contribution in [0.5, 0.6) is 0 Å². The van der Waals surface area contributed by atoms with E-state index in [1.54, 1.807) is 0 Å². The average Bonchev–Trinajstić information content (AvgIpc) is 2.82. The third-order valence-corrected chi connectivity index (χ3v) is 4.82. The topological polar surface area (TPSA) is 84.4 Å². The van der Waals surface area contributed by atoms with E-state index in [1.165, 1.54) is 21.8 Å². The highest BCUT2D eigenvalue weighted by Gasteiger charge is 2.26. The molecule has 0 saturated carbocycles. The zero-order valence-corrected chi connectivity index (χ0v) is 13.7. The largest absolute Gasteiger partial charge is 0.390 e. The van der Waals surface area contributed by atoms with Gasteiger partial charge in [-0.3, -0.25) is 15.1 Å². The van der Waals surface area contributed by atoms with E-state index >= 15 is 0 Å². The SMILES string of the molecule is Cl.NNC(=O)c1c(N)sc2c1CCN(Cc1ccccc1)C2. The summed E-state index contributed by atoms with van der Waals surface area (Å²) in [4.78, 5) is 15.4. The second-order valence-electron chi connectivity index (χ2n) is 5.16. The number of benzene rings is 1. The van der Waals surface area contributed by atoms with Crippen molar-refractivity contribution in [2.45, 2.75) is 19.5 Å². The van der Waals surface area contributed by atoms with Crippen molar-refractivity contribution in [3.8, 4) is 0 Å². The van der Waals surface area contributed by atoms with E-state index < -0.39 is 0 Å². The number of nitrogens with one attached hydrogen (secondary N) is 1. The third-order valence-electron chi connectivity index (χ3n) is 3.77. The first kappa shape index (κ1) is 16.8. The molecule has 5 nitrogen and oxygen atoms in total. The van der Waals surface area contributed by atoms with E-state index in [9.17, 15) is 4.79 Å². The van der Waals surface area contributed by atoms with E-state index in [0.29, 0.717) is 10.6 Å². The molecule has 3 rings (SSSR count). The molecule has 5 N–H and O–H groups in total. The normalized spacial score (nSPS) is 14.0. The highest BCUT2D eigenvalue weighted by atomic mass is 35.5. The lowest BCUT2D eigenvalue weighted by Crippen LogP contribution is -2.33. The molecule has 2 heterocycles. The first-order chi connectivity index (χ1) is 10.2. The number of hydrazine groups is 1. The molecule has 22 heavy (non-hydrogen) atoms. The Labute approximate surface area is 139 Å². The minimum atomic E-state index is -0.290. The summed E-state index contributed by atoms with van der Waals surface area (Å²) in [6.07, 6.45) is 0.832. The van der Waals surface area contributed by atoms with Gasteiger partial charge in [0, 0.05) is 24.5 Å². The van der Waals surface area contributed by atoms with Gasteiger partial charge in [-0.15, -0.1) is 23.7 Å². The number of hydrogen-bond donors (Lipinski definition) is 3. The zero-order chi connectivity index (χ0) is 14.8. The van der Waals surface area contributed by atoms with Crippen molar-refractivity contribution >= 4 is 34.7 Å². The van der Waals surface area contributed by atoms with Gasteiger partial charge in [-0.25, -0.2) is 5.84 Å². The number of nitrogens with two attached hydrogens (primary N) is 2. The Hall–Kier alpha value is -1.60. The summed E-state index contributed by atoms with van der Waals surface area (Å²) in [7, 11) is 0. The lowest BCUT2D eigenvalue weighted by atomic mass is 10.0. The van der Waals surface area contributed by atoms with Crippen LogP contribution in [-0.4, -0.2) is 17.4 Å². The van der Waals surface area contributed by atoms with Crippen LogP contribution in [0.25, 0.3) is 0 Å². The van der Waals surface area contributed by atoms with Crippen molar-refractivity contribution in [2.24, 2.45) is 5.84 Å². The van der Waals surface area contributed by atoms with Crippen LogP contribution in [0.4, 0.5) is 5.00 Å². The number of anilines is 1. The lowest BCUT2D eigenvalue weighted by Gasteiger charge is -2.27. The first-order valence-electron chi connectivity index (χ1n) is 6.86. The summed E-state index contributed by atoms with van der Waals surface area (Å²) < 4.78 is 0. The van der Waals surface area contributed by atoms with Gasteiger partial charge in [-0.1, -0.05) is 30.3 Å². The molecule has 7 heteroatoms. The molecule has 0 aliphatic carbocycles. The molecular weight excluding hydrogens is 320 g/mol. The Balaban J connectivity index is 0.00000176. The van der Waals surface area contributed by atoms with Crippen LogP contribution in [0.15, 0.2) is 30.3 Å². The van der Waals surface area contributed by atoms with Gasteiger partial charge in [-0.2, -0.15) is 0 Å². The van der Waals surface area contributed by atoms with E-state index in [1.807, 2.05) is 6.07 Å². The van der Waals surface area contributed by atoms with Crippen molar-refractivity contribution in [3.05, 3.63) is 51.9 Å². The number of fused-ring (bicyclic) bond motifs is 1. The molecule has 0 atom stereocenters. The second kappa shape index (κ2) is 7.11. The third kappa shape index (κ3) is 3.25. The standard InChI is InChI=1S/C15H18N4OS.ClH/c16-14-13(15(20)18-17)11-6-7-19(9-12(11)21-14)8-10-4-2-1-3-5-10;/h1-5H,6-9,16-17H2,(H,18,20);1H. The molecule has 0 unspecified atom stereocenters. The number of nitrogens with zero attached hydrogens (tertiary/aromatic N) is 1. The van der Waals surface area contributed by atoms with Crippen LogP contribution in [-0.2, 0) is 19.5 Å². The number of halogens is 1. The van der Waals surface area contributed by atoms with Crippen LogP contribution in [0.1, 0.15) is 26.4 Å². The fourth-order valence-corrected chi connectivity index (χ4v) is 3.93. The summed E-state index contributed by atoms with van der Waals surface area (Å²) in [5.41, 5.74) is 11.1. The van der Waals surface area contributed by atoms with Crippen molar-refractivity contribution in [2.75, 3.05) is 12.3 Å². The molecule has 0 fully saturated rings. The maximum atomic E-state index is 11.8. The van der Waals surface area contributed by atoms with Gasteiger partial charge in [0.05, 0.1) is 10.6 Å². The summed E-state index contributed by atoms with van der Waals surface area (Å²) in [5, 5.41) is 0.560. The fourth-order valence-electron chi connectivity index (χ4n) is 2.78. The monoisotopic (exact) mass is 338 g/mol. The van der Waals surface area contributed by atoms with Crippen LogP contribution in [0.3, 0.4) is 0 Å². The Bertz CT molecular complexity index is 659. The Morgan fingerprint density at radius 3 is 2.73 bits per heavy atom. The molecule has 118 valence electrons. The Morgan fingerprint density at radius 1 is 1.32 bits per heavy atom. The Kier molecular flexibility index (Phi) is 5.42. The van der Waals surface area contributed by atoms with Crippen molar-refractivity contribution < 1.29 is 4.79 Å². The molecule has 1 aromatic heterocycles. The Morgan fingerprint density at radius 2 is 2.05 bits per heavy atom. The minimum absolute atomic E-state index is 0. The number of hydrogen-bond acceptors (Lipinski definition) is 5. The number of nitrogen functional groups attached to an aromatic ring is 2. The van der Waals surface area contributed by atoms with Crippen LogP contribution >= 0.6 is 23.7 Å². The van der Waals surface area contributed by atoms with Gasteiger partial charge in [-0.05, 0) is 17.5 Å². The zero-order valence-electron chi connectivity index (χ0n) is 12.0. The molecule has 0 radical (unpaired) electrons. The predicted octanol–water partition coefficient (Wildman–Crippen LogP) is 1.91. The maximum absolute atomic E-state index is 11.8. The number of rotatable bonds is 3. The van der Waals surface area contributed by atoms with Crippen molar-refractivity contribution in [1.29, 1.82) is 0 Å². The van der Waals surface area contributed by atoms with Crippen molar-refractivity contribution in [3.63, 3.8) is 0 Å². The van der Waals surface area contributed by atoms with Gasteiger partial charge in [0.2, 0.25) is 0 Å². The van der Waals surface area contributed by atoms with E-state index in [4.69, 9.17) is 11.6 Å². The van der Waals surface area contributed by atoms with Gasteiger partial charge in [0.25, 0.3) is 5.91 Å². The lowest BCUT2D eigenvalue weighted by molar-refractivity contribution is 0.0953. The number of carbonyl (C=O) groups excluding carboxylic acids is 1. The second-order valence-corrected chi connectivity index (χ2v) is 6.30. The minimum Gasteiger partial charge on any atom is -0.390 e. The first-order valence-corrected chi connectivity index (χ1v) is 7.68. The van der Waals surface area contributed by atoms with Gasteiger partial charge >= 0.3 is 0 Å². The average molecular weight is 339 g/mol. The van der Waals surface area contributed by atoms with Crippen LogP contribution in [0.2, 0.25) is 0 Å². The maximum Gasteiger partial charge on any atom is 0.268 e. The summed E-state index contributed by atoms with van der Waals surface area (Å²) >= 11 is 1.49. The fraction of sp³-hybridized carbons (Fsp3) is 0.267. The van der Waals surface area contributed by atoms with E-state index in [2.05, 4.69) is 34.6 Å². The van der Waals surface area contributed by atoms with Gasteiger partial charge < -0.3 is 5.73 Å². The predicted molar refractivity (Wildman–Crippen MR) is 91.9 cm³/mol. The quantitative estimate of drug-likeness (QED) is 0.453. The highest BCUT2D eigenvalue weighted by Crippen LogP contribution is 2.35. The summed E-state index contributed by atoms with van der Waals surface area (Å²) in [6, 6.07) is 10.4. The molecule has 0 spiro atoms. The van der Waals surface area contributed by atoms with Gasteiger partial charge in [0.15, 0.2) is 0 Å². The summed E-state index contributed by atoms with van der Waals surface area (Å²) in [6.45, 7) is 2.66. The number of thiophene rings is 1. The van der Waals surface area contributed by atoms with Crippen molar-refractivity contribution in [1.82, 2.24) is 10.3 Å². The van der Waals surface area contributed by atoms with E-state index in [0.717, 1.165) is 31.6 Å². The highest BCUT2D eigenvalue weighted by molar-refractivity contribution is 7.16. The number of carbonyl (C=O) groups is 1. The molecular formula is C15H19ClN4OS. The molecule has 0 bridgehead atoms. The molecule has 1 amide bonds. The van der Waals surface area contributed by atoms with Crippen LogP contribution < -0.4 is 17.0 Å². The molecule has 2 aromatic rings. The van der Waals surface area contributed by atoms with E-state index in [-0.39, 0.29) is 18.3 Å². The molecule has 1 aliphatic rings.